The number of nitrogens with zero attached hydrogens (tertiary/aromatic N) is 5. The van der Waals surface area contributed by atoms with Gasteiger partial charge in [0.25, 0.3) is 11.8 Å². The number of halogens is 3. The van der Waals surface area contributed by atoms with E-state index in [4.69, 9.17) is 37.3 Å². The fraction of sp³-hybridized carbons (Fsp3) is 0.281. The summed E-state index contributed by atoms with van der Waals surface area (Å²) in [5, 5.41) is 8.91. The summed E-state index contributed by atoms with van der Waals surface area (Å²) in [6.07, 6.45) is 6.52. The molecule has 0 fully saturated rings. The van der Waals surface area contributed by atoms with Crippen LogP contribution in [0.1, 0.15) is 26.6 Å². The first-order chi connectivity index (χ1) is 22.3. The second-order valence-corrected chi connectivity index (χ2v) is 12.4. The van der Waals surface area contributed by atoms with Crippen LogP contribution in [-0.2, 0) is 22.6 Å². The van der Waals surface area contributed by atoms with Crippen LogP contribution in [0.2, 0.25) is 5.02 Å². The van der Waals surface area contributed by atoms with Crippen LogP contribution in [0.15, 0.2) is 53.7 Å². The number of carbonyl (C=O) groups excluding carboxylic acids is 1. The van der Waals surface area contributed by atoms with E-state index < -0.39 is 23.7 Å². The average molecular weight is 684 g/mol. The molecule has 0 saturated heterocycles. The molecule has 2 aromatic carbocycles. The average Bonchev–Trinajstić information content (AvgIpc) is 3.52. The number of carboxylic acids is 1. The van der Waals surface area contributed by atoms with Gasteiger partial charge in [-0.2, -0.15) is 4.37 Å². The number of hydrogen-bond donors (Lipinski definition) is 1. The fourth-order valence-electron chi connectivity index (χ4n) is 4.68. The normalized spacial score (nSPS) is 15.4. The number of fused-ring (bicyclic) bond motifs is 2. The topological polar surface area (TPSA) is 128 Å². The van der Waals surface area contributed by atoms with Crippen LogP contribution in [0.4, 0.5) is 20.2 Å². The van der Waals surface area contributed by atoms with Crippen LogP contribution < -0.4 is 23.9 Å². The summed E-state index contributed by atoms with van der Waals surface area (Å²) in [7, 11) is 0. The number of aromatic nitrogens is 3. The van der Waals surface area contributed by atoms with Gasteiger partial charge in [0.15, 0.2) is 24.3 Å². The maximum Gasteiger partial charge on any atom is 0.344 e. The lowest BCUT2D eigenvalue weighted by atomic mass is 9.92. The number of terminal acetylenes is 1. The maximum atomic E-state index is 14.5. The second-order valence-electron chi connectivity index (χ2n) is 11.3. The zero-order valence-electron chi connectivity index (χ0n) is 25.4. The Kier molecular flexibility index (Phi) is 9.78. The Bertz CT molecular complexity index is 1940. The first kappa shape index (κ1) is 33.4. The van der Waals surface area contributed by atoms with E-state index in [-0.39, 0.29) is 41.1 Å². The highest BCUT2D eigenvalue weighted by atomic mass is 35.5. The summed E-state index contributed by atoms with van der Waals surface area (Å²) in [5.74, 6) is 1.67. The van der Waals surface area contributed by atoms with Gasteiger partial charge in [0.1, 0.15) is 28.8 Å². The van der Waals surface area contributed by atoms with Gasteiger partial charge in [0, 0.05) is 36.8 Å². The van der Waals surface area contributed by atoms with E-state index in [1.807, 2.05) is 4.57 Å². The van der Waals surface area contributed by atoms with Crippen molar-refractivity contribution >= 4 is 46.4 Å². The molecule has 244 valence electrons. The Morgan fingerprint density at radius 2 is 1.96 bits per heavy atom. The molecule has 0 unspecified atom stereocenters. The molecule has 0 aliphatic carbocycles. The van der Waals surface area contributed by atoms with Crippen molar-refractivity contribution < 1.29 is 37.7 Å². The van der Waals surface area contributed by atoms with E-state index in [0.717, 1.165) is 24.9 Å². The predicted molar refractivity (Wildman–Crippen MR) is 169 cm³/mol. The Morgan fingerprint density at radius 3 is 2.64 bits per heavy atom. The molecule has 6 rings (SSSR count). The molecular weight excluding hydrogens is 656 g/mol. The van der Waals surface area contributed by atoms with Crippen LogP contribution in [0.3, 0.4) is 0 Å². The van der Waals surface area contributed by atoms with Crippen molar-refractivity contribution in [1.29, 1.82) is 0 Å². The molecule has 1 N–H and O–H groups in total. The van der Waals surface area contributed by atoms with Gasteiger partial charge in [0.05, 0.1) is 17.3 Å². The third kappa shape index (κ3) is 7.87. The maximum absolute atomic E-state index is 14.5. The van der Waals surface area contributed by atoms with Crippen LogP contribution in [0.5, 0.6) is 23.1 Å². The van der Waals surface area contributed by atoms with Crippen molar-refractivity contribution in [2.24, 2.45) is 10.4 Å². The zero-order valence-corrected chi connectivity index (χ0v) is 26.9. The standard InChI is InChI=1S/C18H17FN4O2S.C14H11ClFNO4/c1-4-5-22-13-7-12(11(19)6-14(13)25-9-16(22)24)20-17-23-10-18(2,3)8-15(23)21-26-17;1-8(14(18)19)20-10-2-4-11(5-3-10)21-13-12(16)6-9(15)7-17-13/h1,6-7H,5,8-10H2,2-3H3;2-8H,1H3,(H,18,19)/t;8-/m.1/s1. The zero-order chi connectivity index (χ0) is 33.9. The molecule has 2 aliphatic heterocycles. The highest BCUT2D eigenvalue weighted by Crippen LogP contribution is 2.37. The number of ether oxygens (including phenoxy) is 3. The number of rotatable bonds is 7. The fourth-order valence-corrected chi connectivity index (χ4v) is 5.58. The van der Waals surface area contributed by atoms with E-state index in [2.05, 4.69) is 34.1 Å². The van der Waals surface area contributed by atoms with Crippen LogP contribution in [-0.4, -0.2) is 50.2 Å². The van der Waals surface area contributed by atoms with Crippen LogP contribution in [0.25, 0.3) is 0 Å². The molecule has 1 amide bonds. The molecule has 15 heteroatoms. The van der Waals surface area contributed by atoms with Gasteiger partial charge in [-0.3, -0.25) is 9.69 Å². The Balaban J connectivity index is 0.000000189. The predicted octanol–water partition coefficient (Wildman–Crippen LogP) is 5.78. The molecule has 2 aliphatic rings. The van der Waals surface area contributed by atoms with Crippen molar-refractivity contribution in [3.05, 3.63) is 75.9 Å². The molecule has 0 spiro atoms. The minimum absolute atomic E-state index is 0.0964. The van der Waals surface area contributed by atoms with Gasteiger partial charge in [-0.25, -0.2) is 23.6 Å². The summed E-state index contributed by atoms with van der Waals surface area (Å²) in [6, 6.07) is 9.91. The number of carboxylic acid groups (broad SMARTS) is 1. The van der Waals surface area contributed by atoms with Crippen LogP contribution >= 0.6 is 23.1 Å². The van der Waals surface area contributed by atoms with Gasteiger partial charge >= 0.3 is 5.97 Å². The van der Waals surface area contributed by atoms with Gasteiger partial charge in [-0.15, -0.1) is 6.42 Å². The van der Waals surface area contributed by atoms with E-state index in [9.17, 15) is 18.4 Å². The first-order valence-electron chi connectivity index (χ1n) is 14.1. The molecule has 2 aromatic heterocycles. The third-order valence-electron chi connectivity index (χ3n) is 6.91. The molecule has 11 nitrogen and oxygen atoms in total. The molecule has 4 heterocycles. The van der Waals surface area contributed by atoms with Gasteiger partial charge in [0.2, 0.25) is 4.80 Å². The smallest absolute Gasteiger partial charge is 0.344 e. The minimum atomic E-state index is -1.07. The number of carbonyl (C=O) groups is 2. The highest BCUT2D eigenvalue weighted by Gasteiger charge is 2.31. The highest BCUT2D eigenvalue weighted by molar-refractivity contribution is 7.02. The summed E-state index contributed by atoms with van der Waals surface area (Å²) in [5.41, 5.74) is 0.678. The number of amides is 1. The molecule has 0 radical (unpaired) electrons. The summed E-state index contributed by atoms with van der Waals surface area (Å²) < 4.78 is 50.2. The van der Waals surface area contributed by atoms with Crippen LogP contribution in [0, 0.1) is 29.4 Å². The Labute approximate surface area is 277 Å². The van der Waals surface area contributed by atoms with E-state index >= 15 is 0 Å². The monoisotopic (exact) mass is 683 g/mol. The van der Waals surface area contributed by atoms with Crippen molar-refractivity contribution in [1.82, 2.24) is 13.9 Å². The second kappa shape index (κ2) is 13.8. The largest absolute Gasteiger partial charge is 0.481 e. The molecule has 1 atom stereocenters. The molecule has 0 saturated carbocycles. The molecule has 47 heavy (non-hydrogen) atoms. The quantitative estimate of drug-likeness (QED) is 0.243. The molecular formula is C32H28ClF2N5O6S. The lowest BCUT2D eigenvalue weighted by molar-refractivity contribution is -0.144. The summed E-state index contributed by atoms with van der Waals surface area (Å²) >= 11 is 6.83. The number of pyridine rings is 1. The van der Waals surface area contributed by atoms with Gasteiger partial charge in [-0.05, 0) is 48.7 Å². The van der Waals surface area contributed by atoms with Crippen molar-refractivity contribution in [2.75, 3.05) is 18.1 Å². The molecule has 0 bridgehead atoms. The Morgan fingerprint density at radius 1 is 1.23 bits per heavy atom. The summed E-state index contributed by atoms with van der Waals surface area (Å²) in [6.45, 7) is 6.47. The van der Waals surface area contributed by atoms with Crippen molar-refractivity contribution in [2.45, 2.75) is 39.8 Å². The Hall–Kier alpha value is -5.00. The summed E-state index contributed by atoms with van der Waals surface area (Å²) in [4.78, 5) is 33.0. The van der Waals surface area contributed by atoms with Gasteiger partial charge < -0.3 is 23.9 Å². The first-order valence-corrected chi connectivity index (χ1v) is 15.3. The number of benzene rings is 2. The van der Waals surface area contributed by atoms with E-state index in [1.54, 1.807) is 0 Å². The van der Waals surface area contributed by atoms with E-state index in [1.165, 1.54) is 66.0 Å². The van der Waals surface area contributed by atoms with Crippen molar-refractivity contribution in [3.63, 3.8) is 0 Å². The number of aliphatic carboxylic acids is 1. The number of anilines is 1. The third-order valence-corrected chi connectivity index (χ3v) is 7.89. The lowest BCUT2D eigenvalue weighted by Crippen LogP contribution is -2.39. The molecule has 4 aromatic rings. The van der Waals surface area contributed by atoms with E-state index in [0.29, 0.717) is 27.7 Å². The lowest BCUT2D eigenvalue weighted by Gasteiger charge is -2.28. The van der Waals surface area contributed by atoms with Gasteiger partial charge in [-0.1, -0.05) is 31.4 Å². The minimum Gasteiger partial charge on any atom is -0.481 e. The number of hydrogen-bond acceptors (Lipinski definition) is 9. The van der Waals surface area contributed by atoms with Crippen molar-refractivity contribution in [3.8, 4) is 35.5 Å². The SMILES string of the molecule is C#CCN1C(=O)COc2cc(F)c(N=c3snc4n3CC(C)(C)C4)cc21.C[C@@H](Oc1ccc(Oc2ncc(Cl)cc2F)cc1)C(=O)O.